The van der Waals surface area contributed by atoms with Crippen LogP contribution >= 0.6 is 11.6 Å². The minimum Gasteiger partial charge on any atom is -0.464 e. The van der Waals surface area contributed by atoms with Crippen molar-refractivity contribution in [3.8, 4) is 0 Å². The van der Waals surface area contributed by atoms with Gasteiger partial charge in [0.2, 0.25) is 0 Å². The first-order chi connectivity index (χ1) is 5.72. The Morgan fingerprint density at radius 2 is 2.33 bits per heavy atom. The number of esters is 1. The van der Waals surface area contributed by atoms with Crippen molar-refractivity contribution < 1.29 is 14.6 Å². The summed E-state index contributed by atoms with van der Waals surface area (Å²) < 4.78 is 4.75. The van der Waals surface area contributed by atoms with Crippen molar-refractivity contribution in [2.24, 2.45) is 0 Å². The zero-order valence-corrected chi connectivity index (χ0v) is 8.01. The molecule has 0 aliphatic carbocycles. The van der Waals surface area contributed by atoms with Gasteiger partial charge in [0, 0.05) is 5.88 Å². The number of hydrogen-bond acceptors (Lipinski definition) is 3. The first-order valence-corrected chi connectivity index (χ1v) is 4.66. The predicted octanol–water partition coefficient (Wildman–Crippen LogP) is 1.32. The predicted molar refractivity (Wildman–Crippen MR) is 47.2 cm³/mol. The number of hydrogen-bond donors (Lipinski definition) is 1. The summed E-state index contributed by atoms with van der Waals surface area (Å²) in [5, 5.41) is 9.06. The zero-order chi connectivity index (χ0) is 9.40. The molecular formula is C8H15ClO3. The number of rotatable bonds is 6. The molecule has 1 N–H and O–H groups in total. The average Bonchev–Trinajstić information content (AvgIpc) is 2.05. The molecule has 0 heterocycles. The van der Waals surface area contributed by atoms with Gasteiger partial charge in [0.1, 0.15) is 0 Å². The fraction of sp³-hybridized carbons (Fsp3) is 0.875. The van der Waals surface area contributed by atoms with Crippen LogP contribution in [0.5, 0.6) is 0 Å². The first-order valence-electron chi connectivity index (χ1n) is 4.13. The van der Waals surface area contributed by atoms with Gasteiger partial charge in [-0.2, -0.15) is 0 Å². The SMILES string of the molecule is CCCCOC(=O)[C@H](O)CCCl. The van der Waals surface area contributed by atoms with Crippen LogP contribution in [-0.2, 0) is 9.53 Å². The van der Waals surface area contributed by atoms with E-state index in [0.717, 1.165) is 12.8 Å². The third-order valence-electron chi connectivity index (χ3n) is 1.40. The molecule has 1 atom stereocenters. The van der Waals surface area contributed by atoms with Gasteiger partial charge in [-0.3, -0.25) is 0 Å². The van der Waals surface area contributed by atoms with Crippen molar-refractivity contribution in [1.29, 1.82) is 0 Å². The highest BCUT2D eigenvalue weighted by Gasteiger charge is 2.14. The molecular weight excluding hydrogens is 180 g/mol. The number of carbonyl (C=O) groups is 1. The van der Waals surface area contributed by atoms with E-state index in [0.29, 0.717) is 6.61 Å². The van der Waals surface area contributed by atoms with Crippen molar-refractivity contribution in [1.82, 2.24) is 0 Å². The van der Waals surface area contributed by atoms with Gasteiger partial charge in [0.05, 0.1) is 6.61 Å². The molecule has 0 saturated carbocycles. The second-order valence-corrected chi connectivity index (χ2v) is 2.89. The third kappa shape index (κ3) is 5.38. The largest absolute Gasteiger partial charge is 0.464 e. The number of alkyl halides is 1. The van der Waals surface area contributed by atoms with Crippen LogP contribution in [-0.4, -0.2) is 29.7 Å². The van der Waals surface area contributed by atoms with E-state index in [4.69, 9.17) is 21.4 Å². The summed E-state index contributed by atoms with van der Waals surface area (Å²) in [6, 6.07) is 0. The Labute approximate surface area is 77.7 Å². The van der Waals surface area contributed by atoms with Gasteiger partial charge in [0.15, 0.2) is 6.10 Å². The molecule has 12 heavy (non-hydrogen) atoms. The standard InChI is InChI=1S/C8H15ClO3/c1-2-3-6-12-8(11)7(10)4-5-9/h7,10H,2-6H2,1H3/t7-/m1/s1. The van der Waals surface area contributed by atoms with Crippen molar-refractivity contribution in [3.63, 3.8) is 0 Å². The van der Waals surface area contributed by atoms with Gasteiger partial charge in [0.25, 0.3) is 0 Å². The van der Waals surface area contributed by atoms with Crippen LogP contribution in [0.3, 0.4) is 0 Å². The second kappa shape index (κ2) is 7.37. The maximum atomic E-state index is 10.9. The van der Waals surface area contributed by atoms with Crippen LogP contribution in [0.15, 0.2) is 0 Å². The normalized spacial score (nSPS) is 12.6. The van der Waals surface area contributed by atoms with Gasteiger partial charge in [-0.15, -0.1) is 11.6 Å². The Bertz CT molecular complexity index is 127. The van der Waals surface area contributed by atoms with Crippen molar-refractivity contribution in [2.45, 2.75) is 32.3 Å². The minimum atomic E-state index is -1.06. The number of carbonyl (C=O) groups excluding carboxylic acids is 1. The molecule has 0 amide bonds. The highest BCUT2D eigenvalue weighted by molar-refractivity contribution is 6.18. The molecule has 0 bridgehead atoms. The van der Waals surface area contributed by atoms with E-state index in [1.54, 1.807) is 0 Å². The molecule has 0 aliphatic heterocycles. The molecule has 0 rings (SSSR count). The monoisotopic (exact) mass is 194 g/mol. The highest BCUT2D eigenvalue weighted by Crippen LogP contribution is 1.98. The molecule has 0 unspecified atom stereocenters. The van der Waals surface area contributed by atoms with E-state index in [2.05, 4.69) is 0 Å². The van der Waals surface area contributed by atoms with E-state index in [9.17, 15) is 4.79 Å². The lowest BCUT2D eigenvalue weighted by atomic mass is 10.3. The molecule has 0 aromatic heterocycles. The summed E-state index contributed by atoms with van der Waals surface area (Å²) in [4.78, 5) is 10.9. The summed E-state index contributed by atoms with van der Waals surface area (Å²) in [5.74, 6) is -0.298. The lowest BCUT2D eigenvalue weighted by Gasteiger charge is -2.08. The van der Waals surface area contributed by atoms with E-state index >= 15 is 0 Å². The summed E-state index contributed by atoms with van der Waals surface area (Å²) in [7, 11) is 0. The smallest absolute Gasteiger partial charge is 0.334 e. The molecule has 0 saturated heterocycles. The lowest BCUT2D eigenvalue weighted by Crippen LogP contribution is -2.23. The van der Waals surface area contributed by atoms with E-state index in [1.165, 1.54) is 0 Å². The molecule has 72 valence electrons. The van der Waals surface area contributed by atoms with E-state index in [1.807, 2.05) is 6.92 Å². The molecule has 3 nitrogen and oxygen atoms in total. The number of aliphatic hydroxyl groups excluding tert-OH is 1. The van der Waals surface area contributed by atoms with Crippen LogP contribution < -0.4 is 0 Å². The molecule has 0 aromatic rings. The van der Waals surface area contributed by atoms with E-state index < -0.39 is 12.1 Å². The molecule has 0 fully saturated rings. The molecule has 0 spiro atoms. The van der Waals surface area contributed by atoms with Gasteiger partial charge in [-0.25, -0.2) is 4.79 Å². The maximum absolute atomic E-state index is 10.9. The van der Waals surface area contributed by atoms with Gasteiger partial charge in [-0.1, -0.05) is 13.3 Å². The highest BCUT2D eigenvalue weighted by atomic mass is 35.5. The minimum absolute atomic E-state index is 0.256. The molecule has 0 radical (unpaired) electrons. The number of unbranched alkanes of at least 4 members (excludes halogenated alkanes) is 1. The molecule has 0 aliphatic rings. The fourth-order valence-corrected chi connectivity index (χ4v) is 0.841. The van der Waals surface area contributed by atoms with Crippen LogP contribution in [0, 0.1) is 0 Å². The van der Waals surface area contributed by atoms with E-state index in [-0.39, 0.29) is 12.3 Å². The topological polar surface area (TPSA) is 46.5 Å². The second-order valence-electron chi connectivity index (χ2n) is 2.51. The van der Waals surface area contributed by atoms with Crippen LogP contribution in [0.4, 0.5) is 0 Å². The van der Waals surface area contributed by atoms with Gasteiger partial charge < -0.3 is 9.84 Å². The van der Waals surface area contributed by atoms with Crippen LogP contribution in [0.1, 0.15) is 26.2 Å². The van der Waals surface area contributed by atoms with Crippen molar-refractivity contribution >= 4 is 17.6 Å². The lowest BCUT2D eigenvalue weighted by molar-refractivity contribution is -0.153. The number of aliphatic hydroxyl groups is 1. The summed E-state index contributed by atoms with van der Waals surface area (Å²) in [5.41, 5.74) is 0. The number of ether oxygens (including phenoxy) is 1. The van der Waals surface area contributed by atoms with Gasteiger partial charge >= 0.3 is 5.97 Å². The maximum Gasteiger partial charge on any atom is 0.334 e. The Hall–Kier alpha value is -0.280. The summed E-state index contributed by atoms with van der Waals surface area (Å²) >= 11 is 5.33. The third-order valence-corrected chi connectivity index (χ3v) is 1.62. The first kappa shape index (κ1) is 11.7. The molecule has 0 aromatic carbocycles. The Kier molecular flexibility index (Phi) is 7.20. The van der Waals surface area contributed by atoms with Crippen LogP contribution in [0.25, 0.3) is 0 Å². The van der Waals surface area contributed by atoms with Crippen molar-refractivity contribution in [3.05, 3.63) is 0 Å². The van der Waals surface area contributed by atoms with Crippen LogP contribution in [0.2, 0.25) is 0 Å². The Morgan fingerprint density at radius 3 is 2.83 bits per heavy atom. The average molecular weight is 195 g/mol. The van der Waals surface area contributed by atoms with Crippen molar-refractivity contribution in [2.75, 3.05) is 12.5 Å². The summed E-state index contributed by atoms with van der Waals surface area (Å²) in [6.07, 6.45) is 1.00. The Balaban J connectivity index is 3.43. The van der Waals surface area contributed by atoms with Gasteiger partial charge in [-0.05, 0) is 12.8 Å². The quantitative estimate of drug-likeness (QED) is 0.394. The zero-order valence-electron chi connectivity index (χ0n) is 7.25. The summed E-state index contributed by atoms with van der Waals surface area (Å²) in [6.45, 7) is 2.39. The molecule has 4 heteroatoms. The fourth-order valence-electron chi connectivity index (χ4n) is 0.634. The Morgan fingerprint density at radius 1 is 1.67 bits per heavy atom. The number of halogens is 1.